The molecule has 7 unspecified atom stereocenters. The summed E-state index contributed by atoms with van der Waals surface area (Å²) < 4.78 is 20.6. The van der Waals surface area contributed by atoms with E-state index >= 15 is 0 Å². The molecule has 0 amide bonds. The number of hydrogen-bond acceptors (Lipinski definition) is 7. The van der Waals surface area contributed by atoms with Crippen molar-refractivity contribution in [1.82, 2.24) is 0 Å². The van der Waals surface area contributed by atoms with E-state index in [1.54, 1.807) is 6.92 Å². The summed E-state index contributed by atoms with van der Waals surface area (Å²) in [6, 6.07) is 0. The Morgan fingerprint density at radius 3 is 2.18 bits per heavy atom. The van der Waals surface area contributed by atoms with Crippen LogP contribution in [0.25, 0.3) is 0 Å². The van der Waals surface area contributed by atoms with Crippen LogP contribution in [0.3, 0.4) is 0 Å². The first-order valence-electron chi connectivity index (χ1n) is 9.29. The average Bonchev–Trinajstić information content (AvgIpc) is 2.55. The molecule has 7 atom stereocenters. The summed E-state index contributed by atoms with van der Waals surface area (Å²) in [5.74, 6) is -1.73. The Kier molecular flexibility index (Phi) is 9.05. The van der Waals surface area contributed by atoms with Crippen LogP contribution in [0.15, 0.2) is 0 Å². The highest BCUT2D eigenvalue weighted by Gasteiger charge is 2.49. The number of aliphatic hydroxyl groups excluding tert-OH is 3. The number of carboxylic acid groups (broad SMARTS) is 1. The van der Waals surface area contributed by atoms with Gasteiger partial charge in [-0.1, -0.05) is 27.7 Å². The Hall–Kier alpha value is -0.580. The lowest BCUT2D eigenvalue weighted by molar-refractivity contribution is -0.239. The number of aliphatic carboxylic acids is 1. The Labute approximate surface area is 164 Å². The van der Waals surface area contributed by atoms with Crippen LogP contribution in [-0.2, 0) is 18.6 Å². The molecule has 0 saturated carbocycles. The molecule has 1 heterocycles. The summed E-state index contributed by atoms with van der Waals surface area (Å²) in [5, 5.41) is 39.1. The van der Waals surface area contributed by atoms with Crippen LogP contribution in [0, 0.1) is 17.3 Å². The van der Waals surface area contributed by atoms with Gasteiger partial charge in [0.1, 0.15) is 18.3 Å². The molecule has 0 bridgehead atoms. The number of carbonyl (C=O) groups is 1. The smallest absolute Gasteiger partial charge is 0.469 e. The molecule has 1 aliphatic rings. The number of phosphoric acid groups is 1. The van der Waals surface area contributed by atoms with Crippen LogP contribution >= 0.6 is 7.82 Å². The van der Waals surface area contributed by atoms with Crippen molar-refractivity contribution in [2.45, 2.75) is 77.5 Å². The molecule has 0 aromatic rings. The normalized spacial score (nSPS) is 31.4. The van der Waals surface area contributed by atoms with Crippen LogP contribution in [-0.4, -0.2) is 73.3 Å². The first-order valence-corrected chi connectivity index (χ1v) is 10.8. The van der Waals surface area contributed by atoms with Gasteiger partial charge in [-0.05, 0) is 36.5 Å². The minimum Gasteiger partial charge on any atom is -0.479 e. The van der Waals surface area contributed by atoms with Gasteiger partial charge >= 0.3 is 13.8 Å². The Morgan fingerprint density at radius 2 is 1.68 bits per heavy atom. The van der Waals surface area contributed by atoms with E-state index in [1.165, 1.54) is 0 Å². The van der Waals surface area contributed by atoms with Crippen molar-refractivity contribution in [3.8, 4) is 0 Å². The lowest BCUT2D eigenvalue weighted by Crippen LogP contribution is -2.61. The first kappa shape index (κ1) is 25.5. The van der Waals surface area contributed by atoms with E-state index in [1.807, 2.05) is 20.8 Å². The summed E-state index contributed by atoms with van der Waals surface area (Å²) in [4.78, 5) is 28.7. The molecule has 0 aromatic heterocycles. The monoisotopic (exact) mass is 428 g/mol. The van der Waals surface area contributed by atoms with E-state index in [4.69, 9.17) is 19.6 Å². The highest BCUT2D eigenvalue weighted by Crippen LogP contribution is 2.39. The highest BCUT2D eigenvalue weighted by molar-refractivity contribution is 7.46. The summed E-state index contributed by atoms with van der Waals surface area (Å²) >= 11 is 0. The molecule has 0 aliphatic carbocycles. The third-order valence-corrected chi connectivity index (χ3v) is 6.14. The zero-order valence-corrected chi connectivity index (χ0v) is 17.5. The third kappa shape index (κ3) is 7.35. The average molecular weight is 428 g/mol. The van der Waals surface area contributed by atoms with E-state index < -0.39 is 44.3 Å². The van der Waals surface area contributed by atoms with Gasteiger partial charge in [0.2, 0.25) is 0 Å². The standard InChI is InChI=1S/C17H33O10P/c1-9(5-6-17(3,4)7-8-26-28(23,24)25)10(2)14-12(19)11(18)13(20)15(27-14)16(21)22/h9-15,18-20H,5-8H2,1-4H3,(H,21,22)(H2,23,24,25). The van der Waals surface area contributed by atoms with Gasteiger partial charge in [0, 0.05) is 0 Å². The van der Waals surface area contributed by atoms with Gasteiger partial charge in [0.05, 0.1) is 12.7 Å². The number of carboxylic acids is 1. The lowest BCUT2D eigenvalue weighted by Gasteiger charge is -2.43. The summed E-state index contributed by atoms with van der Waals surface area (Å²) in [5.41, 5.74) is -0.255. The van der Waals surface area contributed by atoms with Gasteiger partial charge in [0.15, 0.2) is 6.10 Å². The van der Waals surface area contributed by atoms with E-state index in [0.29, 0.717) is 19.3 Å². The molecule has 6 N–H and O–H groups in total. The molecule has 11 heteroatoms. The largest absolute Gasteiger partial charge is 0.479 e. The molecular formula is C17H33O10P. The van der Waals surface area contributed by atoms with Crippen molar-refractivity contribution in [2.24, 2.45) is 17.3 Å². The molecule has 0 radical (unpaired) electrons. The fourth-order valence-corrected chi connectivity index (χ4v) is 3.65. The molecular weight excluding hydrogens is 395 g/mol. The SMILES string of the molecule is CC(CCC(C)(C)CCOP(=O)(O)O)C(C)C1OC(C(=O)O)C(O)C(O)C1O. The van der Waals surface area contributed by atoms with Crippen molar-refractivity contribution in [3.05, 3.63) is 0 Å². The molecule has 0 spiro atoms. The van der Waals surface area contributed by atoms with Crippen molar-refractivity contribution in [3.63, 3.8) is 0 Å². The van der Waals surface area contributed by atoms with Crippen molar-refractivity contribution in [2.75, 3.05) is 6.61 Å². The highest BCUT2D eigenvalue weighted by atomic mass is 31.2. The summed E-state index contributed by atoms with van der Waals surface area (Å²) in [6.07, 6.45) is -5.49. The number of ether oxygens (including phenoxy) is 1. The van der Waals surface area contributed by atoms with Gasteiger partial charge in [-0.15, -0.1) is 0 Å². The van der Waals surface area contributed by atoms with Crippen LogP contribution in [0.1, 0.15) is 47.0 Å². The Bertz CT molecular complexity index is 562. The maximum absolute atomic E-state index is 11.2. The number of aliphatic hydroxyl groups is 3. The Balaban J connectivity index is 2.64. The van der Waals surface area contributed by atoms with Crippen molar-refractivity contribution in [1.29, 1.82) is 0 Å². The fraction of sp³-hybridized carbons (Fsp3) is 0.941. The zero-order chi connectivity index (χ0) is 21.9. The fourth-order valence-electron chi connectivity index (χ4n) is 3.32. The lowest BCUT2D eigenvalue weighted by atomic mass is 9.76. The molecule has 1 saturated heterocycles. The number of hydrogen-bond donors (Lipinski definition) is 6. The van der Waals surface area contributed by atoms with Gasteiger partial charge < -0.3 is 34.9 Å². The van der Waals surface area contributed by atoms with Gasteiger partial charge in [0.25, 0.3) is 0 Å². The molecule has 0 aromatic carbocycles. The predicted octanol–water partition coefficient (Wildman–Crippen LogP) is 0.499. The summed E-state index contributed by atoms with van der Waals surface area (Å²) in [7, 11) is -4.49. The van der Waals surface area contributed by atoms with Gasteiger partial charge in [-0.2, -0.15) is 0 Å². The van der Waals surface area contributed by atoms with Crippen molar-refractivity contribution < 1.29 is 48.8 Å². The first-order chi connectivity index (χ1) is 12.7. The third-order valence-electron chi connectivity index (χ3n) is 5.62. The molecule has 1 fully saturated rings. The van der Waals surface area contributed by atoms with E-state index in [0.717, 1.165) is 0 Å². The molecule has 1 aliphatic heterocycles. The topological polar surface area (TPSA) is 174 Å². The maximum Gasteiger partial charge on any atom is 0.469 e. The van der Waals surface area contributed by atoms with Crippen LogP contribution < -0.4 is 0 Å². The second-order valence-corrected chi connectivity index (χ2v) is 9.68. The minimum atomic E-state index is -4.49. The van der Waals surface area contributed by atoms with Gasteiger partial charge in [-0.3, -0.25) is 4.52 Å². The number of rotatable bonds is 10. The summed E-state index contributed by atoms with van der Waals surface area (Å²) in [6.45, 7) is 7.51. The number of phosphoric ester groups is 1. The predicted molar refractivity (Wildman–Crippen MR) is 98.3 cm³/mol. The minimum absolute atomic E-state index is 0.0153. The van der Waals surface area contributed by atoms with E-state index in [-0.39, 0.29) is 23.9 Å². The van der Waals surface area contributed by atoms with Gasteiger partial charge in [-0.25, -0.2) is 9.36 Å². The zero-order valence-electron chi connectivity index (χ0n) is 16.6. The van der Waals surface area contributed by atoms with E-state index in [9.17, 15) is 24.7 Å². The second-order valence-electron chi connectivity index (χ2n) is 8.44. The van der Waals surface area contributed by atoms with E-state index in [2.05, 4.69) is 4.52 Å². The second kappa shape index (κ2) is 9.95. The molecule has 166 valence electrons. The molecule has 28 heavy (non-hydrogen) atoms. The molecule has 1 rings (SSSR count). The van der Waals surface area contributed by atoms with Crippen LogP contribution in [0.4, 0.5) is 0 Å². The van der Waals surface area contributed by atoms with Crippen LogP contribution in [0.2, 0.25) is 0 Å². The quantitative estimate of drug-likeness (QED) is 0.269. The Morgan fingerprint density at radius 1 is 1.11 bits per heavy atom. The maximum atomic E-state index is 11.2. The van der Waals surface area contributed by atoms with Crippen molar-refractivity contribution >= 4 is 13.8 Å². The molecule has 10 nitrogen and oxygen atoms in total. The van der Waals surface area contributed by atoms with Crippen LogP contribution in [0.5, 0.6) is 0 Å².